The minimum Gasteiger partial charge on any atom is -0.466 e. The number of esters is 1. The average molecular weight is 428 g/mol. The van der Waals surface area contributed by atoms with E-state index in [-0.39, 0.29) is 48.7 Å². The second kappa shape index (κ2) is 9.15. The van der Waals surface area contributed by atoms with Crippen LogP contribution in [0.1, 0.15) is 31.9 Å². The fourth-order valence-corrected chi connectivity index (χ4v) is 3.71. The molecule has 31 heavy (non-hydrogen) atoms. The molecule has 4 rings (SSSR count). The van der Waals surface area contributed by atoms with Gasteiger partial charge in [-0.25, -0.2) is 0 Å². The fourth-order valence-electron chi connectivity index (χ4n) is 3.71. The molecule has 1 amide bonds. The average Bonchev–Trinajstić information content (AvgIpc) is 3.26. The Morgan fingerprint density at radius 3 is 2.71 bits per heavy atom. The lowest BCUT2D eigenvalue weighted by Gasteiger charge is -2.30. The molecule has 10 heteroatoms. The van der Waals surface area contributed by atoms with Gasteiger partial charge in [0.2, 0.25) is 12.7 Å². The second-order valence-electron chi connectivity index (χ2n) is 7.42. The van der Waals surface area contributed by atoms with Crippen LogP contribution in [0.15, 0.2) is 23.0 Å². The van der Waals surface area contributed by atoms with Crippen LogP contribution >= 0.6 is 0 Å². The van der Waals surface area contributed by atoms with Crippen molar-refractivity contribution in [2.75, 3.05) is 26.5 Å². The predicted molar refractivity (Wildman–Crippen MR) is 108 cm³/mol. The lowest BCUT2D eigenvalue weighted by molar-refractivity contribution is -0.151. The molecule has 2 aromatic rings. The van der Waals surface area contributed by atoms with Crippen LogP contribution in [-0.4, -0.2) is 58.4 Å². The molecule has 2 aliphatic rings. The Labute approximate surface area is 178 Å². The SMILES string of the molecule is CCOC(=O)C1CCN(C(=O)CCc2nnc(-c3ccc4c(c3)OCO4)[nH]c2=O)CC1. The number of nitrogens with one attached hydrogen (secondary N) is 1. The number of carbonyl (C=O) groups excluding carboxylic acids is 2. The Kier molecular flexibility index (Phi) is 6.15. The third-order valence-electron chi connectivity index (χ3n) is 5.45. The predicted octanol–water partition coefficient (Wildman–Crippen LogP) is 1.29. The fraction of sp³-hybridized carbons (Fsp3) is 0.476. The standard InChI is InChI=1S/C21H24N4O6/c1-2-29-21(28)13-7-9-25(10-8-13)18(26)6-4-15-20(27)22-19(24-23-15)14-3-5-16-17(11-14)31-12-30-16/h3,5,11,13H,2,4,6-10,12H2,1H3,(H,22,24,27). The Balaban J connectivity index is 1.32. The van der Waals surface area contributed by atoms with Crippen LogP contribution in [0, 0.1) is 5.92 Å². The molecule has 0 radical (unpaired) electrons. The van der Waals surface area contributed by atoms with Crippen LogP contribution in [0.5, 0.6) is 11.5 Å². The number of hydrogen-bond acceptors (Lipinski definition) is 8. The van der Waals surface area contributed by atoms with Crippen LogP contribution in [0.25, 0.3) is 11.4 Å². The van der Waals surface area contributed by atoms with E-state index in [4.69, 9.17) is 14.2 Å². The van der Waals surface area contributed by atoms with E-state index in [1.165, 1.54) is 0 Å². The highest BCUT2D eigenvalue weighted by molar-refractivity contribution is 5.77. The number of benzene rings is 1. The van der Waals surface area contributed by atoms with Gasteiger partial charge in [-0.05, 0) is 38.0 Å². The number of nitrogens with zero attached hydrogens (tertiary/aromatic N) is 3. The van der Waals surface area contributed by atoms with Gasteiger partial charge in [-0.1, -0.05) is 0 Å². The first-order valence-electron chi connectivity index (χ1n) is 10.4. The first-order valence-corrected chi connectivity index (χ1v) is 10.4. The van der Waals surface area contributed by atoms with Crippen molar-refractivity contribution in [2.24, 2.45) is 5.92 Å². The van der Waals surface area contributed by atoms with E-state index in [9.17, 15) is 14.4 Å². The molecule has 164 valence electrons. The third kappa shape index (κ3) is 4.68. The first kappa shape index (κ1) is 20.8. The summed E-state index contributed by atoms with van der Waals surface area (Å²) >= 11 is 0. The van der Waals surface area contributed by atoms with E-state index < -0.39 is 0 Å². The van der Waals surface area contributed by atoms with Crippen molar-refractivity contribution in [1.29, 1.82) is 0 Å². The molecule has 0 unspecified atom stereocenters. The molecule has 0 atom stereocenters. The summed E-state index contributed by atoms with van der Waals surface area (Å²) in [5.74, 6) is 1.13. The van der Waals surface area contributed by atoms with Crippen LogP contribution in [0.2, 0.25) is 0 Å². The van der Waals surface area contributed by atoms with E-state index in [1.54, 1.807) is 30.0 Å². The van der Waals surface area contributed by atoms with Gasteiger partial charge in [0, 0.05) is 31.5 Å². The summed E-state index contributed by atoms with van der Waals surface area (Å²) in [5.41, 5.74) is 0.483. The zero-order chi connectivity index (χ0) is 21.8. The molecule has 2 aliphatic heterocycles. The number of piperidine rings is 1. The summed E-state index contributed by atoms with van der Waals surface area (Å²) in [6, 6.07) is 5.23. The maximum Gasteiger partial charge on any atom is 0.309 e. The number of carbonyl (C=O) groups is 2. The van der Waals surface area contributed by atoms with Gasteiger partial charge in [0.05, 0.1) is 12.5 Å². The number of amides is 1. The van der Waals surface area contributed by atoms with Crippen molar-refractivity contribution >= 4 is 11.9 Å². The molecule has 1 aromatic carbocycles. The summed E-state index contributed by atoms with van der Waals surface area (Å²) in [5, 5.41) is 8.12. The Hall–Kier alpha value is -3.43. The number of fused-ring (bicyclic) bond motifs is 1. The summed E-state index contributed by atoms with van der Waals surface area (Å²) < 4.78 is 15.7. The molecule has 0 saturated carbocycles. The van der Waals surface area contributed by atoms with Crippen molar-refractivity contribution in [1.82, 2.24) is 20.1 Å². The summed E-state index contributed by atoms with van der Waals surface area (Å²) in [6.45, 7) is 3.32. The Morgan fingerprint density at radius 1 is 1.19 bits per heavy atom. The zero-order valence-electron chi connectivity index (χ0n) is 17.3. The molecule has 1 fully saturated rings. The number of H-pyrrole nitrogens is 1. The quantitative estimate of drug-likeness (QED) is 0.683. The second-order valence-corrected chi connectivity index (χ2v) is 7.42. The normalized spacial score (nSPS) is 15.7. The zero-order valence-corrected chi connectivity index (χ0v) is 17.3. The third-order valence-corrected chi connectivity index (χ3v) is 5.45. The lowest BCUT2D eigenvalue weighted by atomic mass is 9.96. The van der Waals surface area contributed by atoms with Gasteiger partial charge in [-0.2, -0.15) is 0 Å². The van der Waals surface area contributed by atoms with E-state index in [2.05, 4.69) is 15.2 Å². The highest BCUT2D eigenvalue weighted by Gasteiger charge is 2.28. The number of aromatic amines is 1. The van der Waals surface area contributed by atoms with Crippen molar-refractivity contribution in [3.63, 3.8) is 0 Å². The minimum atomic E-state index is -0.378. The van der Waals surface area contributed by atoms with E-state index in [1.807, 2.05) is 0 Å². The van der Waals surface area contributed by atoms with Crippen LogP contribution < -0.4 is 15.0 Å². The van der Waals surface area contributed by atoms with Crippen molar-refractivity contribution in [3.8, 4) is 22.9 Å². The monoisotopic (exact) mass is 428 g/mol. The number of aryl methyl sites for hydroxylation is 1. The molecule has 1 saturated heterocycles. The highest BCUT2D eigenvalue weighted by atomic mass is 16.7. The summed E-state index contributed by atoms with van der Waals surface area (Å²) in [4.78, 5) is 41.2. The van der Waals surface area contributed by atoms with Crippen molar-refractivity contribution in [2.45, 2.75) is 32.6 Å². The van der Waals surface area contributed by atoms with Gasteiger partial charge in [0.1, 0.15) is 5.69 Å². The number of aromatic nitrogens is 3. The lowest BCUT2D eigenvalue weighted by Crippen LogP contribution is -2.40. The van der Waals surface area contributed by atoms with Gasteiger partial charge >= 0.3 is 5.97 Å². The molecule has 0 bridgehead atoms. The van der Waals surface area contributed by atoms with E-state index >= 15 is 0 Å². The molecule has 1 aromatic heterocycles. The topological polar surface area (TPSA) is 124 Å². The minimum absolute atomic E-state index is 0.0663. The van der Waals surface area contributed by atoms with Gasteiger partial charge in [-0.15, -0.1) is 10.2 Å². The largest absolute Gasteiger partial charge is 0.466 e. The van der Waals surface area contributed by atoms with Gasteiger partial charge in [0.15, 0.2) is 17.3 Å². The van der Waals surface area contributed by atoms with Crippen LogP contribution in [0.3, 0.4) is 0 Å². The smallest absolute Gasteiger partial charge is 0.309 e. The van der Waals surface area contributed by atoms with Crippen LogP contribution in [0.4, 0.5) is 0 Å². The molecular formula is C21H24N4O6. The Morgan fingerprint density at radius 2 is 1.97 bits per heavy atom. The molecule has 3 heterocycles. The van der Waals surface area contributed by atoms with Crippen LogP contribution in [-0.2, 0) is 20.7 Å². The summed E-state index contributed by atoms with van der Waals surface area (Å²) in [6.07, 6.45) is 1.54. The number of likely N-dealkylation sites (tertiary alicyclic amines) is 1. The molecular weight excluding hydrogens is 404 g/mol. The molecule has 10 nitrogen and oxygen atoms in total. The van der Waals surface area contributed by atoms with Gasteiger partial charge < -0.3 is 24.1 Å². The van der Waals surface area contributed by atoms with Gasteiger partial charge in [0.25, 0.3) is 5.56 Å². The number of rotatable bonds is 6. The molecule has 0 aliphatic carbocycles. The maximum atomic E-state index is 12.5. The van der Waals surface area contributed by atoms with Crippen molar-refractivity contribution < 1.29 is 23.8 Å². The molecule has 0 spiro atoms. The Bertz CT molecular complexity index is 1030. The number of ether oxygens (including phenoxy) is 3. The maximum absolute atomic E-state index is 12.5. The molecule has 1 N–H and O–H groups in total. The first-order chi connectivity index (χ1) is 15.0. The highest BCUT2D eigenvalue weighted by Crippen LogP contribution is 2.34. The number of hydrogen-bond donors (Lipinski definition) is 1. The van der Waals surface area contributed by atoms with Crippen molar-refractivity contribution in [3.05, 3.63) is 34.2 Å². The van der Waals surface area contributed by atoms with Gasteiger partial charge in [-0.3, -0.25) is 14.4 Å². The van der Waals surface area contributed by atoms with E-state index in [0.29, 0.717) is 55.4 Å². The van der Waals surface area contributed by atoms with E-state index in [0.717, 1.165) is 0 Å². The summed E-state index contributed by atoms with van der Waals surface area (Å²) in [7, 11) is 0.